The summed E-state index contributed by atoms with van der Waals surface area (Å²) in [7, 11) is 1.87. The van der Waals surface area contributed by atoms with Crippen LogP contribution in [0.15, 0.2) is 24.5 Å². The summed E-state index contributed by atoms with van der Waals surface area (Å²) in [6, 6.07) is 3.37. The molecule has 0 unspecified atom stereocenters. The number of urea groups is 1. The van der Waals surface area contributed by atoms with Crippen molar-refractivity contribution < 1.29 is 9.53 Å². The smallest absolute Gasteiger partial charge is 0.315 e. The first-order valence-electron chi connectivity index (χ1n) is 8.11. The van der Waals surface area contributed by atoms with Crippen molar-refractivity contribution >= 4 is 6.03 Å². The molecule has 0 aliphatic carbocycles. The van der Waals surface area contributed by atoms with Gasteiger partial charge in [-0.05, 0) is 25.8 Å². The molecule has 0 fully saturated rings. The fourth-order valence-electron chi connectivity index (χ4n) is 2.36. The number of carbonyl (C=O) groups excluding carboxylic acids is 1. The zero-order chi connectivity index (χ0) is 17.5. The molecule has 2 rings (SSSR count). The maximum atomic E-state index is 12.0. The van der Waals surface area contributed by atoms with Crippen molar-refractivity contribution in [3.05, 3.63) is 41.3 Å². The maximum absolute atomic E-state index is 12.0. The number of aromatic nitrogens is 3. The van der Waals surface area contributed by atoms with Gasteiger partial charge in [-0.1, -0.05) is 13.0 Å². The molecular formula is C17H25N5O2. The second-order valence-corrected chi connectivity index (χ2v) is 5.75. The highest BCUT2D eigenvalue weighted by atomic mass is 16.5. The Kier molecular flexibility index (Phi) is 6.17. The van der Waals surface area contributed by atoms with Gasteiger partial charge in [0.2, 0.25) is 5.88 Å². The Bertz CT molecular complexity index is 666. The Labute approximate surface area is 142 Å². The molecule has 0 radical (unpaired) electrons. The van der Waals surface area contributed by atoms with E-state index in [9.17, 15) is 4.79 Å². The molecule has 0 saturated heterocycles. The van der Waals surface area contributed by atoms with E-state index in [-0.39, 0.29) is 12.1 Å². The van der Waals surface area contributed by atoms with Crippen molar-refractivity contribution in [2.24, 2.45) is 7.05 Å². The van der Waals surface area contributed by atoms with Gasteiger partial charge < -0.3 is 15.4 Å². The molecule has 2 heterocycles. The van der Waals surface area contributed by atoms with Crippen LogP contribution in [0.25, 0.3) is 0 Å². The van der Waals surface area contributed by atoms with E-state index in [1.165, 1.54) is 0 Å². The minimum Gasteiger partial charge on any atom is -0.478 e. The van der Waals surface area contributed by atoms with E-state index in [0.29, 0.717) is 19.0 Å². The largest absolute Gasteiger partial charge is 0.478 e. The van der Waals surface area contributed by atoms with E-state index >= 15 is 0 Å². The van der Waals surface area contributed by atoms with Crippen LogP contribution < -0.4 is 15.4 Å². The van der Waals surface area contributed by atoms with Gasteiger partial charge in [0, 0.05) is 37.6 Å². The number of carbonyl (C=O) groups is 1. The van der Waals surface area contributed by atoms with Gasteiger partial charge in [0.25, 0.3) is 0 Å². The summed E-state index contributed by atoms with van der Waals surface area (Å²) in [5.41, 5.74) is 2.84. The highest BCUT2D eigenvalue weighted by Crippen LogP contribution is 2.15. The lowest BCUT2D eigenvalue weighted by molar-refractivity contribution is 0.237. The van der Waals surface area contributed by atoms with Gasteiger partial charge in [-0.25, -0.2) is 9.78 Å². The molecule has 0 bridgehead atoms. The summed E-state index contributed by atoms with van der Waals surface area (Å²) in [6.07, 6.45) is 4.57. The predicted octanol–water partition coefficient (Wildman–Crippen LogP) is 2.47. The highest BCUT2D eigenvalue weighted by molar-refractivity contribution is 5.74. The van der Waals surface area contributed by atoms with Crippen LogP contribution in [0.3, 0.4) is 0 Å². The number of nitrogens with one attached hydrogen (secondary N) is 2. The minimum atomic E-state index is -0.225. The normalized spacial score (nSPS) is 11.8. The van der Waals surface area contributed by atoms with Crippen molar-refractivity contribution in [3.8, 4) is 5.88 Å². The number of rotatable bonds is 7. The lowest BCUT2D eigenvalue weighted by Crippen LogP contribution is -2.36. The molecular weight excluding hydrogens is 306 g/mol. The zero-order valence-electron chi connectivity index (χ0n) is 14.7. The molecule has 1 atom stereocenters. The van der Waals surface area contributed by atoms with Crippen LogP contribution in [0.1, 0.15) is 43.1 Å². The van der Waals surface area contributed by atoms with Gasteiger partial charge in [0.15, 0.2) is 0 Å². The highest BCUT2D eigenvalue weighted by Gasteiger charge is 2.14. The summed E-state index contributed by atoms with van der Waals surface area (Å²) >= 11 is 0. The molecule has 130 valence electrons. The van der Waals surface area contributed by atoms with E-state index in [4.69, 9.17) is 4.74 Å². The fourth-order valence-corrected chi connectivity index (χ4v) is 2.36. The van der Waals surface area contributed by atoms with Crippen LogP contribution in [0.4, 0.5) is 4.79 Å². The number of nitrogens with zero attached hydrogens (tertiary/aromatic N) is 3. The number of hydrogen-bond donors (Lipinski definition) is 2. The molecule has 2 aromatic rings. The van der Waals surface area contributed by atoms with E-state index in [1.54, 1.807) is 10.9 Å². The summed E-state index contributed by atoms with van der Waals surface area (Å²) in [5, 5.41) is 10.0. The van der Waals surface area contributed by atoms with Crippen molar-refractivity contribution in [1.29, 1.82) is 0 Å². The Morgan fingerprint density at radius 3 is 2.79 bits per heavy atom. The molecule has 0 aliphatic heterocycles. The molecule has 7 heteroatoms. The third-order valence-electron chi connectivity index (χ3n) is 3.57. The number of ether oxygens (including phenoxy) is 1. The molecule has 2 aromatic heterocycles. The van der Waals surface area contributed by atoms with Gasteiger partial charge in [-0.3, -0.25) is 4.68 Å². The third-order valence-corrected chi connectivity index (χ3v) is 3.57. The van der Waals surface area contributed by atoms with Crippen LogP contribution in [-0.4, -0.2) is 27.4 Å². The monoisotopic (exact) mass is 331 g/mol. The second-order valence-electron chi connectivity index (χ2n) is 5.75. The quantitative estimate of drug-likeness (QED) is 0.817. The van der Waals surface area contributed by atoms with Crippen LogP contribution in [0.5, 0.6) is 5.88 Å². The Morgan fingerprint density at radius 1 is 1.42 bits per heavy atom. The van der Waals surface area contributed by atoms with Gasteiger partial charge >= 0.3 is 6.03 Å². The van der Waals surface area contributed by atoms with E-state index in [2.05, 4.69) is 20.7 Å². The standard InChI is InChI=1S/C17H25N5O2/c1-5-8-24-16-7-6-14(9-18-16)10-19-17(23)20-12(2)15-11-22(4)21-13(15)3/h6-7,9,11-12H,5,8,10H2,1-4H3,(H2,19,20,23)/t12-/m1/s1. The molecule has 0 spiro atoms. The minimum absolute atomic E-state index is 0.110. The Morgan fingerprint density at radius 2 is 2.21 bits per heavy atom. The van der Waals surface area contributed by atoms with Crippen molar-refractivity contribution in [2.45, 2.75) is 39.8 Å². The number of aryl methyl sites for hydroxylation is 2. The Balaban J connectivity index is 1.81. The SMILES string of the molecule is CCCOc1ccc(CNC(=O)N[C@H](C)c2cn(C)nc2C)cn1. The average molecular weight is 331 g/mol. The van der Waals surface area contributed by atoms with Gasteiger partial charge in [-0.2, -0.15) is 5.10 Å². The Hall–Kier alpha value is -2.57. The first-order valence-corrected chi connectivity index (χ1v) is 8.11. The lowest BCUT2D eigenvalue weighted by Gasteiger charge is -2.14. The third kappa shape index (κ3) is 4.97. The number of hydrogen-bond acceptors (Lipinski definition) is 4. The fraction of sp³-hybridized carbons (Fsp3) is 0.471. The van der Waals surface area contributed by atoms with E-state index in [0.717, 1.165) is 23.2 Å². The van der Waals surface area contributed by atoms with E-state index < -0.39 is 0 Å². The predicted molar refractivity (Wildman–Crippen MR) is 91.8 cm³/mol. The van der Waals surface area contributed by atoms with Crippen LogP contribution in [0.2, 0.25) is 0 Å². The van der Waals surface area contributed by atoms with E-state index in [1.807, 2.05) is 46.1 Å². The van der Waals surface area contributed by atoms with Crippen LogP contribution in [0, 0.1) is 6.92 Å². The first kappa shape index (κ1) is 17.8. The zero-order valence-corrected chi connectivity index (χ0v) is 14.7. The molecule has 7 nitrogen and oxygen atoms in total. The topological polar surface area (TPSA) is 81.1 Å². The van der Waals surface area contributed by atoms with Crippen molar-refractivity contribution in [1.82, 2.24) is 25.4 Å². The number of pyridine rings is 1. The van der Waals surface area contributed by atoms with Gasteiger partial charge in [0.05, 0.1) is 18.3 Å². The first-order chi connectivity index (χ1) is 11.5. The van der Waals surface area contributed by atoms with Gasteiger partial charge in [-0.15, -0.1) is 0 Å². The molecule has 0 aliphatic rings. The van der Waals surface area contributed by atoms with Crippen molar-refractivity contribution in [2.75, 3.05) is 6.61 Å². The summed E-state index contributed by atoms with van der Waals surface area (Å²) in [4.78, 5) is 16.2. The molecule has 0 saturated carbocycles. The molecule has 0 aromatic carbocycles. The van der Waals surface area contributed by atoms with Crippen molar-refractivity contribution in [3.63, 3.8) is 0 Å². The average Bonchev–Trinajstić information content (AvgIpc) is 2.90. The molecule has 2 N–H and O–H groups in total. The molecule has 2 amide bonds. The van der Waals surface area contributed by atoms with Crippen LogP contribution >= 0.6 is 0 Å². The summed E-state index contributed by atoms with van der Waals surface area (Å²) in [6.45, 7) is 6.97. The van der Waals surface area contributed by atoms with Crippen LogP contribution in [-0.2, 0) is 13.6 Å². The maximum Gasteiger partial charge on any atom is 0.315 e. The second kappa shape index (κ2) is 8.33. The summed E-state index contributed by atoms with van der Waals surface area (Å²) < 4.78 is 7.18. The van der Waals surface area contributed by atoms with Gasteiger partial charge in [0.1, 0.15) is 0 Å². The number of amides is 2. The lowest BCUT2D eigenvalue weighted by atomic mass is 10.1. The summed E-state index contributed by atoms with van der Waals surface area (Å²) in [5.74, 6) is 0.603. The molecule has 24 heavy (non-hydrogen) atoms.